The predicted octanol–water partition coefficient (Wildman–Crippen LogP) is 1.61. The number of carbonyl (C=O) groups is 1. The Morgan fingerprint density at radius 2 is 2.11 bits per heavy atom. The molecule has 106 valence electrons. The van der Waals surface area contributed by atoms with Crippen LogP contribution in [0.25, 0.3) is 0 Å². The predicted molar refractivity (Wildman–Crippen MR) is 58.2 cm³/mol. The molecule has 1 aliphatic heterocycles. The molecule has 0 amide bonds. The first-order valence-electron chi connectivity index (χ1n) is 5.89. The molecule has 0 aromatic rings. The Hall–Kier alpha value is -0.820. The van der Waals surface area contributed by atoms with Crippen molar-refractivity contribution in [1.29, 1.82) is 0 Å². The Morgan fingerprint density at radius 3 is 2.61 bits per heavy atom. The van der Waals surface area contributed by atoms with Crippen molar-refractivity contribution >= 4 is 5.97 Å². The van der Waals surface area contributed by atoms with Crippen LogP contribution in [0.2, 0.25) is 0 Å². The molecular formula is C11H18F3NO3. The van der Waals surface area contributed by atoms with Gasteiger partial charge in [-0.25, -0.2) is 0 Å². The highest BCUT2D eigenvalue weighted by Gasteiger charge is 2.34. The topological polar surface area (TPSA) is 49.8 Å². The van der Waals surface area contributed by atoms with Gasteiger partial charge in [-0.3, -0.25) is 4.79 Å². The lowest BCUT2D eigenvalue weighted by molar-refractivity contribution is -0.174. The maximum Gasteiger partial charge on any atom is 0.411 e. The number of halogens is 3. The maximum atomic E-state index is 11.8. The lowest BCUT2D eigenvalue weighted by Crippen LogP contribution is -2.25. The van der Waals surface area contributed by atoms with Crippen molar-refractivity contribution in [2.45, 2.75) is 19.5 Å². The second-order valence-corrected chi connectivity index (χ2v) is 4.70. The van der Waals surface area contributed by atoms with Gasteiger partial charge in [0.15, 0.2) is 0 Å². The third-order valence-corrected chi connectivity index (χ3v) is 3.03. The van der Waals surface area contributed by atoms with Crippen LogP contribution in [-0.4, -0.2) is 55.0 Å². The van der Waals surface area contributed by atoms with E-state index in [1.165, 1.54) is 0 Å². The molecule has 0 spiro atoms. The number of aliphatic carboxylic acids is 1. The highest BCUT2D eigenvalue weighted by atomic mass is 19.4. The number of hydrogen-bond donors (Lipinski definition) is 1. The molecule has 0 bridgehead atoms. The number of carboxylic acid groups (broad SMARTS) is 1. The van der Waals surface area contributed by atoms with Gasteiger partial charge in [0.05, 0.1) is 5.92 Å². The fraction of sp³-hybridized carbons (Fsp3) is 0.909. The van der Waals surface area contributed by atoms with Crippen LogP contribution < -0.4 is 0 Å². The summed E-state index contributed by atoms with van der Waals surface area (Å²) in [6.45, 7) is 2.42. The fourth-order valence-corrected chi connectivity index (χ4v) is 2.15. The molecule has 4 nitrogen and oxygen atoms in total. The number of hydrogen-bond acceptors (Lipinski definition) is 3. The van der Waals surface area contributed by atoms with E-state index in [0.717, 1.165) is 0 Å². The third-order valence-electron chi connectivity index (χ3n) is 3.03. The second-order valence-electron chi connectivity index (χ2n) is 4.70. The van der Waals surface area contributed by atoms with Crippen molar-refractivity contribution in [3.8, 4) is 0 Å². The Kier molecular flexibility index (Phi) is 5.40. The van der Waals surface area contributed by atoms with E-state index < -0.39 is 18.8 Å². The van der Waals surface area contributed by atoms with Crippen molar-refractivity contribution in [2.75, 3.05) is 32.8 Å². The van der Waals surface area contributed by atoms with Gasteiger partial charge < -0.3 is 14.7 Å². The zero-order chi connectivity index (χ0) is 13.8. The molecule has 0 aliphatic carbocycles. The van der Waals surface area contributed by atoms with Gasteiger partial charge in [-0.15, -0.1) is 0 Å². The quantitative estimate of drug-likeness (QED) is 0.744. The van der Waals surface area contributed by atoms with E-state index in [4.69, 9.17) is 5.11 Å². The minimum atomic E-state index is -4.28. The van der Waals surface area contributed by atoms with E-state index in [2.05, 4.69) is 4.74 Å². The summed E-state index contributed by atoms with van der Waals surface area (Å²) >= 11 is 0. The number of carboxylic acids is 1. The number of ether oxygens (including phenoxy) is 1. The molecule has 0 aromatic carbocycles. The van der Waals surface area contributed by atoms with Crippen LogP contribution in [0.1, 0.15) is 13.3 Å². The molecule has 0 saturated carbocycles. The lowest BCUT2D eigenvalue weighted by Gasteiger charge is -2.15. The van der Waals surface area contributed by atoms with Crippen molar-refractivity contribution in [1.82, 2.24) is 4.90 Å². The third kappa shape index (κ3) is 5.22. The van der Waals surface area contributed by atoms with Gasteiger partial charge in [0.2, 0.25) is 0 Å². The largest absolute Gasteiger partial charge is 0.481 e. The molecule has 1 aliphatic rings. The minimum absolute atomic E-state index is 0.0438. The molecule has 18 heavy (non-hydrogen) atoms. The summed E-state index contributed by atoms with van der Waals surface area (Å²) < 4.78 is 39.8. The zero-order valence-corrected chi connectivity index (χ0v) is 10.2. The van der Waals surface area contributed by atoms with Crippen molar-refractivity contribution in [3.05, 3.63) is 0 Å². The van der Waals surface area contributed by atoms with E-state index in [9.17, 15) is 18.0 Å². The van der Waals surface area contributed by atoms with Gasteiger partial charge in [0.25, 0.3) is 0 Å². The molecule has 1 heterocycles. The van der Waals surface area contributed by atoms with Gasteiger partial charge in [-0.05, 0) is 12.3 Å². The maximum absolute atomic E-state index is 11.8. The van der Waals surface area contributed by atoms with Gasteiger partial charge in [-0.1, -0.05) is 6.92 Å². The molecule has 1 rings (SSSR count). The van der Waals surface area contributed by atoms with E-state index in [1.54, 1.807) is 0 Å². The summed E-state index contributed by atoms with van der Waals surface area (Å²) in [4.78, 5) is 12.8. The average Bonchev–Trinajstić information content (AvgIpc) is 2.57. The van der Waals surface area contributed by atoms with E-state index in [0.29, 0.717) is 26.1 Å². The van der Waals surface area contributed by atoms with Crippen LogP contribution >= 0.6 is 0 Å². The summed E-state index contributed by atoms with van der Waals surface area (Å²) in [5.41, 5.74) is 0. The molecule has 2 atom stereocenters. The lowest BCUT2D eigenvalue weighted by atomic mass is 9.99. The van der Waals surface area contributed by atoms with Gasteiger partial charge in [0, 0.05) is 26.2 Å². The summed E-state index contributed by atoms with van der Waals surface area (Å²) in [7, 11) is 0. The van der Waals surface area contributed by atoms with Gasteiger partial charge >= 0.3 is 12.1 Å². The Morgan fingerprint density at radius 1 is 1.44 bits per heavy atom. The van der Waals surface area contributed by atoms with Gasteiger partial charge in [0.1, 0.15) is 6.61 Å². The highest BCUT2D eigenvalue weighted by molar-refractivity contribution is 5.71. The summed E-state index contributed by atoms with van der Waals surface area (Å²) in [5, 5.41) is 8.92. The van der Waals surface area contributed by atoms with Crippen molar-refractivity contribution < 1.29 is 27.8 Å². The highest BCUT2D eigenvalue weighted by Crippen LogP contribution is 2.23. The summed E-state index contributed by atoms with van der Waals surface area (Å²) in [6, 6.07) is 0. The monoisotopic (exact) mass is 269 g/mol. The zero-order valence-electron chi connectivity index (χ0n) is 10.2. The van der Waals surface area contributed by atoms with Crippen LogP contribution in [0.15, 0.2) is 0 Å². The number of alkyl halides is 3. The first-order chi connectivity index (χ1) is 8.29. The smallest absolute Gasteiger partial charge is 0.411 e. The second kappa shape index (κ2) is 6.38. The Labute approximate surface area is 104 Å². The Balaban J connectivity index is 2.13. The molecule has 7 heteroatoms. The SMILES string of the molecule is C[C@@H]1CN(CCCOCC(F)(F)F)C[C@H]1C(=O)O. The van der Waals surface area contributed by atoms with Crippen LogP contribution in [-0.2, 0) is 9.53 Å². The van der Waals surface area contributed by atoms with Crippen LogP contribution in [0, 0.1) is 11.8 Å². The average molecular weight is 269 g/mol. The van der Waals surface area contributed by atoms with E-state index >= 15 is 0 Å². The fourth-order valence-electron chi connectivity index (χ4n) is 2.15. The molecule has 0 unspecified atom stereocenters. The molecule has 0 radical (unpaired) electrons. The standard InChI is InChI=1S/C11H18F3NO3/c1-8-5-15(6-9(8)10(16)17)3-2-4-18-7-11(12,13)14/h8-9H,2-7H2,1H3,(H,16,17)/t8-,9-/m1/s1. The molecule has 0 aromatic heterocycles. The van der Waals surface area contributed by atoms with E-state index in [1.807, 2.05) is 11.8 Å². The molecular weight excluding hydrogens is 251 g/mol. The van der Waals surface area contributed by atoms with Crippen LogP contribution in [0.3, 0.4) is 0 Å². The number of nitrogens with zero attached hydrogens (tertiary/aromatic N) is 1. The normalized spacial score (nSPS) is 25.6. The first-order valence-corrected chi connectivity index (χ1v) is 5.89. The van der Waals surface area contributed by atoms with Crippen molar-refractivity contribution in [2.24, 2.45) is 11.8 Å². The van der Waals surface area contributed by atoms with Crippen molar-refractivity contribution in [3.63, 3.8) is 0 Å². The van der Waals surface area contributed by atoms with Gasteiger partial charge in [-0.2, -0.15) is 13.2 Å². The molecule has 1 saturated heterocycles. The minimum Gasteiger partial charge on any atom is -0.481 e. The molecule has 1 fully saturated rings. The first kappa shape index (κ1) is 15.2. The van der Waals surface area contributed by atoms with Crippen LogP contribution in [0.5, 0.6) is 0 Å². The van der Waals surface area contributed by atoms with E-state index in [-0.39, 0.29) is 18.4 Å². The van der Waals surface area contributed by atoms with Crippen LogP contribution in [0.4, 0.5) is 13.2 Å². The summed E-state index contributed by atoms with van der Waals surface area (Å²) in [5.74, 6) is -1.10. The summed E-state index contributed by atoms with van der Waals surface area (Å²) in [6.07, 6.45) is -3.80. The molecule has 1 N–H and O–H groups in total. The number of rotatable bonds is 6. The number of likely N-dealkylation sites (tertiary alicyclic amines) is 1. The Bertz CT molecular complexity index is 283.